The van der Waals surface area contributed by atoms with Crippen LogP contribution in [0.4, 0.5) is 13.2 Å². The Morgan fingerprint density at radius 2 is 2.04 bits per heavy atom. The van der Waals surface area contributed by atoms with Crippen LogP contribution in [0.15, 0.2) is 54.3 Å². The van der Waals surface area contributed by atoms with Crippen molar-refractivity contribution in [2.75, 3.05) is 0 Å². The number of nitrogens with zero attached hydrogens (tertiary/aromatic N) is 4. The smallest absolute Gasteiger partial charge is 0.331 e. The van der Waals surface area contributed by atoms with Crippen molar-refractivity contribution < 1.29 is 13.2 Å². The van der Waals surface area contributed by atoms with Crippen LogP contribution in [0.1, 0.15) is 5.69 Å². The second-order valence-corrected chi connectivity index (χ2v) is 6.18. The fraction of sp³-hybridized carbons (Fsp3) is 0.143. The van der Waals surface area contributed by atoms with Crippen LogP contribution in [-0.2, 0) is 6.54 Å². The molecule has 2 aromatic heterocycles. The van der Waals surface area contributed by atoms with E-state index in [9.17, 15) is 13.2 Å². The lowest BCUT2D eigenvalue weighted by molar-refractivity contribution is -0.0328. The van der Waals surface area contributed by atoms with E-state index < -0.39 is 5.51 Å². The van der Waals surface area contributed by atoms with E-state index in [0.29, 0.717) is 12.2 Å². The SMILES string of the molecule is FC(F)(F)Sc1ccc(-n2cnc(Cn3ccnc3)c2)cc1Cl. The molecule has 0 saturated heterocycles. The number of alkyl halides is 3. The van der Waals surface area contributed by atoms with Crippen molar-refractivity contribution in [1.82, 2.24) is 19.1 Å². The van der Waals surface area contributed by atoms with Gasteiger partial charge in [-0.15, -0.1) is 0 Å². The highest BCUT2D eigenvalue weighted by Gasteiger charge is 2.30. The number of hydrogen-bond acceptors (Lipinski definition) is 3. The molecule has 4 nitrogen and oxygen atoms in total. The van der Waals surface area contributed by atoms with Gasteiger partial charge in [-0.3, -0.25) is 0 Å². The van der Waals surface area contributed by atoms with Crippen molar-refractivity contribution in [2.24, 2.45) is 0 Å². The van der Waals surface area contributed by atoms with E-state index in [2.05, 4.69) is 9.97 Å². The van der Waals surface area contributed by atoms with Gasteiger partial charge in [-0.05, 0) is 30.0 Å². The van der Waals surface area contributed by atoms with E-state index in [1.807, 2.05) is 10.8 Å². The first kappa shape index (κ1) is 15.9. The average Bonchev–Trinajstić information content (AvgIpc) is 3.12. The maximum Gasteiger partial charge on any atom is 0.446 e. The third-order valence-corrected chi connectivity index (χ3v) is 4.21. The number of aromatic nitrogens is 4. The van der Waals surface area contributed by atoms with E-state index in [1.165, 1.54) is 12.1 Å². The second-order valence-electron chi connectivity index (χ2n) is 4.67. The van der Waals surface area contributed by atoms with Gasteiger partial charge in [0.1, 0.15) is 0 Å². The molecule has 0 bridgehead atoms. The van der Waals surface area contributed by atoms with Gasteiger partial charge in [0.2, 0.25) is 0 Å². The molecule has 0 aliphatic rings. The molecule has 0 spiro atoms. The van der Waals surface area contributed by atoms with Crippen molar-refractivity contribution in [1.29, 1.82) is 0 Å². The quantitative estimate of drug-likeness (QED) is 0.649. The molecule has 2 heterocycles. The highest BCUT2D eigenvalue weighted by molar-refractivity contribution is 8.00. The van der Waals surface area contributed by atoms with Crippen molar-refractivity contribution >= 4 is 23.4 Å². The normalized spacial score (nSPS) is 11.8. The van der Waals surface area contributed by atoms with Crippen molar-refractivity contribution in [3.05, 3.63) is 60.2 Å². The summed E-state index contributed by atoms with van der Waals surface area (Å²) in [5.74, 6) is 0. The van der Waals surface area contributed by atoms with Crippen LogP contribution in [0.3, 0.4) is 0 Å². The Hall–Kier alpha value is -1.93. The predicted molar refractivity (Wildman–Crippen MR) is 81.8 cm³/mol. The second kappa shape index (κ2) is 6.29. The van der Waals surface area contributed by atoms with Gasteiger partial charge in [0.05, 0.1) is 29.9 Å². The van der Waals surface area contributed by atoms with Crippen LogP contribution in [0.2, 0.25) is 5.02 Å². The van der Waals surface area contributed by atoms with Crippen LogP contribution < -0.4 is 0 Å². The monoisotopic (exact) mass is 358 g/mol. The lowest BCUT2D eigenvalue weighted by Gasteiger charge is -2.09. The maximum atomic E-state index is 12.4. The van der Waals surface area contributed by atoms with Gasteiger partial charge in [-0.2, -0.15) is 13.2 Å². The fourth-order valence-corrected chi connectivity index (χ4v) is 2.84. The van der Waals surface area contributed by atoms with Crippen LogP contribution in [-0.4, -0.2) is 24.6 Å². The topological polar surface area (TPSA) is 35.6 Å². The summed E-state index contributed by atoms with van der Waals surface area (Å²) >= 11 is 5.71. The van der Waals surface area contributed by atoms with Gasteiger partial charge >= 0.3 is 5.51 Å². The molecule has 0 amide bonds. The molecular formula is C14H10ClF3N4S. The van der Waals surface area contributed by atoms with Gasteiger partial charge in [0.15, 0.2) is 0 Å². The third-order valence-electron chi connectivity index (χ3n) is 2.98. The molecule has 0 radical (unpaired) electrons. The number of hydrogen-bond donors (Lipinski definition) is 0. The van der Waals surface area contributed by atoms with Crippen molar-refractivity contribution in [3.8, 4) is 5.69 Å². The summed E-state index contributed by atoms with van der Waals surface area (Å²) in [7, 11) is 0. The van der Waals surface area contributed by atoms with E-state index in [4.69, 9.17) is 11.6 Å². The maximum absolute atomic E-state index is 12.4. The minimum atomic E-state index is -4.36. The Bertz CT molecular complexity index is 799. The van der Waals surface area contributed by atoms with Crippen LogP contribution in [0.25, 0.3) is 5.69 Å². The van der Waals surface area contributed by atoms with Crippen molar-refractivity contribution in [3.63, 3.8) is 0 Å². The third kappa shape index (κ3) is 4.08. The standard InChI is InChI=1S/C14H10ClF3N4S/c15-12-5-11(1-2-13(12)23-14(16,17)18)22-7-10(20-9-22)6-21-4-3-19-8-21/h1-5,7-9H,6H2. The molecule has 0 saturated carbocycles. The Labute approximate surface area is 138 Å². The van der Waals surface area contributed by atoms with Crippen LogP contribution in [0, 0.1) is 0 Å². The number of rotatable bonds is 4. The number of thioether (sulfide) groups is 1. The van der Waals surface area contributed by atoms with E-state index in [-0.39, 0.29) is 21.7 Å². The number of benzene rings is 1. The zero-order chi connectivity index (χ0) is 16.4. The summed E-state index contributed by atoms with van der Waals surface area (Å²) in [6.07, 6.45) is 8.56. The summed E-state index contributed by atoms with van der Waals surface area (Å²) in [5, 5.41) is 0.0506. The highest BCUT2D eigenvalue weighted by Crippen LogP contribution is 2.40. The molecule has 0 N–H and O–H groups in total. The summed E-state index contributed by atoms with van der Waals surface area (Å²) < 4.78 is 40.8. The largest absolute Gasteiger partial charge is 0.446 e. The zero-order valence-electron chi connectivity index (χ0n) is 11.5. The molecule has 3 aromatic rings. The molecule has 3 rings (SSSR count). The Kier molecular flexibility index (Phi) is 4.36. The first-order valence-electron chi connectivity index (χ1n) is 6.45. The summed E-state index contributed by atoms with van der Waals surface area (Å²) in [6.45, 7) is 0.558. The number of imidazole rings is 2. The highest BCUT2D eigenvalue weighted by atomic mass is 35.5. The Balaban J connectivity index is 1.79. The molecule has 0 unspecified atom stereocenters. The summed E-state index contributed by atoms with van der Waals surface area (Å²) in [6, 6.07) is 4.41. The van der Waals surface area contributed by atoms with Gasteiger partial charge in [-0.25, -0.2) is 9.97 Å². The van der Waals surface area contributed by atoms with E-state index in [0.717, 1.165) is 5.69 Å². The lowest BCUT2D eigenvalue weighted by Crippen LogP contribution is -2.00. The average molecular weight is 359 g/mol. The first-order chi connectivity index (χ1) is 10.9. The predicted octanol–water partition coefficient (Wildman–Crippen LogP) is 4.38. The molecule has 0 aliphatic heterocycles. The van der Waals surface area contributed by atoms with E-state index >= 15 is 0 Å². The zero-order valence-corrected chi connectivity index (χ0v) is 13.1. The molecule has 0 aliphatic carbocycles. The van der Waals surface area contributed by atoms with E-state index in [1.54, 1.807) is 35.7 Å². The molecule has 9 heteroatoms. The van der Waals surface area contributed by atoms with Gasteiger partial charge in [0.25, 0.3) is 0 Å². The summed E-state index contributed by atoms with van der Waals surface area (Å²) in [4.78, 5) is 8.19. The van der Waals surface area contributed by atoms with Crippen molar-refractivity contribution in [2.45, 2.75) is 16.9 Å². The molecule has 0 atom stereocenters. The number of halogens is 4. The molecule has 1 aromatic carbocycles. The summed E-state index contributed by atoms with van der Waals surface area (Å²) in [5.41, 5.74) is -2.92. The Morgan fingerprint density at radius 3 is 2.70 bits per heavy atom. The molecule has 23 heavy (non-hydrogen) atoms. The molecular weight excluding hydrogens is 349 g/mol. The molecule has 0 fully saturated rings. The first-order valence-corrected chi connectivity index (χ1v) is 7.64. The Morgan fingerprint density at radius 1 is 1.22 bits per heavy atom. The van der Waals surface area contributed by atoms with Crippen LogP contribution >= 0.6 is 23.4 Å². The minimum Gasteiger partial charge on any atom is -0.331 e. The lowest BCUT2D eigenvalue weighted by atomic mass is 10.3. The van der Waals surface area contributed by atoms with Gasteiger partial charge < -0.3 is 9.13 Å². The van der Waals surface area contributed by atoms with Gasteiger partial charge in [-0.1, -0.05) is 11.6 Å². The fourth-order valence-electron chi connectivity index (χ4n) is 2.01. The molecule has 120 valence electrons. The minimum absolute atomic E-state index is 0.0262. The van der Waals surface area contributed by atoms with Gasteiger partial charge in [0, 0.05) is 29.2 Å². The van der Waals surface area contributed by atoms with Crippen LogP contribution in [0.5, 0.6) is 0 Å².